The number of benzene rings is 1. The summed E-state index contributed by atoms with van der Waals surface area (Å²) in [5.41, 5.74) is 14.9. The fraction of sp³-hybridized carbons (Fsp3) is 0.667. The van der Waals surface area contributed by atoms with Crippen LogP contribution >= 0.6 is 0 Å². The maximum absolute atomic E-state index is 11.5. The lowest BCUT2D eigenvalue weighted by atomic mass is 9.92. The van der Waals surface area contributed by atoms with Gasteiger partial charge in [-0.2, -0.15) is 0 Å². The number of carboxylic acids is 1. The Bertz CT molecular complexity index is 1250. The second-order valence-corrected chi connectivity index (χ2v) is 11.1. The zero-order chi connectivity index (χ0) is 34.5. The summed E-state index contributed by atoms with van der Waals surface area (Å²) in [6, 6.07) is 7.82. The van der Waals surface area contributed by atoms with Crippen LogP contribution in [-0.4, -0.2) is 111 Å². The molecule has 3 N–H and O–H groups in total. The van der Waals surface area contributed by atoms with Crippen molar-refractivity contribution in [1.29, 1.82) is 0 Å². The Kier molecular flexibility index (Phi) is 14.8. The van der Waals surface area contributed by atoms with Crippen molar-refractivity contribution in [2.45, 2.75) is 89.2 Å². The highest BCUT2D eigenvalue weighted by Gasteiger charge is 2.53. The van der Waals surface area contributed by atoms with Gasteiger partial charge in [0.2, 0.25) is 0 Å². The van der Waals surface area contributed by atoms with E-state index < -0.39 is 78.9 Å². The molecule has 3 fully saturated rings. The summed E-state index contributed by atoms with van der Waals surface area (Å²) < 4.78 is 44.0. The number of carbonyl (C=O) groups is 4. The van der Waals surface area contributed by atoms with Crippen LogP contribution < -0.4 is 5.73 Å². The van der Waals surface area contributed by atoms with Gasteiger partial charge in [0, 0.05) is 43.8 Å². The minimum absolute atomic E-state index is 0.0365. The van der Waals surface area contributed by atoms with E-state index in [9.17, 15) is 24.3 Å². The second-order valence-electron chi connectivity index (χ2n) is 11.1. The molecule has 0 aliphatic carbocycles. The first-order valence-electron chi connectivity index (χ1n) is 15.1. The maximum Gasteiger partial charge on any atom is 0.333 e. The van der Waals surface area contributed by atoms with Gasteiger partial charge in [-0.15, -0.1) is 0 Å². The van der Waals surface area contributed by atoms with Crippen molar-refractivity contribution in [2.75, 3.05) is 33.0 Å². The lowest BCUT2D eigenvalue weighted by Gasteiger charge is -2.46. The molecule has 0 saturated carbocycles. The molecular formula is C30H42N4O13. The summed E-state index contributed by atoms with van der Waals surface area (Å²) in [6.07, 6.45) is -5.85. The third-order valence-corrected chi connectivity index (χ3v) is 7.36. The first-order valence-corrected chi connectivity index (χ1v) is 15.1. The van der Waals surface area contributed by atoms with E-state index in [1.54, 1.807) is 12.1 Å². The minimum Gasteiger partial charge on any atom is -0.479 e. The molecule has 3 saturated heterocycles. The van der Waals surface area contributed by atoms with E-state index in [0.717, 1.165) is 12.0 Å². The highest BCUT2D eigenvalue weighted by molar-refractivity contribution is 5.74. The number of fused-ring (bicyclic) bond motifs is 1. The largest absolute Gasteiger partial charge is 0.479 e. The number of azide groups is 1. The molecular weight excluding hydrogens is 624 g/mol. The van der Waals surface area contributed by atoms with Crippen LogP contribution in [0.2, 0.25) is 0 Å². The van der Waals surface area contributed by atoms with Crippen molar-refractivity contribution in [3.05, 3.63) is 46.3 Å². The van der Waals surface area contributed by atoms with Crippen LogP contribution in [-0.2, 0) is 57.1 Å². The van der Waals surface area contributed by atoms with E-state index in [0.29, 0.717) is 19.8 Å². The molecule has 1 aromatic carbocycles. The van der Waals surface area contributed by atoms with Crippen LogP contribution in [0.4, 0.5) is 0 Å². The van der Waals surface area contributed by atoms with Gasteiger partial charge in [0.05, 0.1) is 19.8 Å². The molecule has 1 aromatic rings. The van der Waals surface area contributed by atoms with Gasteiger partial charge >= 0.3 is 23.9 Å². The van der Waals surface area contributed by atoms with Crippen molar-refractivity contribution >= 4 is 23.9 Å². The van der Waals surface area contributed by atoms with E-state index >= 15 is 0 Å². The zero-order valence-electron chi connectivity index (χ0n) is 26.7. The Labute approximate surface area is 271 Å². The summed E-state index contributed by atoms with van der Waals surface area (Å²) in [6.45, 7) is 7.49. The Morgan fingerprint density at radius 1 is 0.957 bits per heavy atom. The topological polar surface area (TPSA) is 237 Å². The average molecular weight is 667 g/mol. The average Bonchev–Trinajstić information content (AvgIpc) is 3.03. The number of hydrogen-bond donors (Lipinski definition) is 2. The predicted octanol–water partition coefficient (Wildman–Crippen LogP) is 1.81. The summed E-state index contributed by atoms with van der Waals surface area (Å²) >= 11 is 0. The lowest BCUT2D eigenvalue weighted by Crippen LogP contribution is -2.63. The number of carbonyl (C=O) groups excluding carboxylic acids is 3. The molecule has 0 aromatic heterocycles. The van der Waals surface area contributed by atoms with Gasteiger partial charge in [-0.25, -0.2) is 4.79 Å². The van der Waals surface area contributed by atoms with Crippen LogP contribution in [0.5, 0.6) is 0 Å². The number of nitrogens with two attached hydrogens (primary N) is 1. The molecule has 10 atom stereocenters. The molecule has 260 valence electrons. The predicted molar refractivity (Wildman–Crippen MR) is 159 cm³/mol. The minimum atomic E-state index is -1.48. The molecule has 0 spiro atoms. The SMILES string of the molecule is CC(=O)O[C@@H]1C(C)COC(COCCCN)[C@@H]1OC(C)=O.CC(=O)O[C@@H]1C(N=[N+]=[N-])[C@H](C(=O)O)OC2COC(c3ccccc3)O[C@@H]21. The van der Waals surface area contributed by atoms with E-state index in [2.05, 4.69) is 10.0 Å². The first-order chi connectivity index (χ1) is 22.5. The molecule has 5 unspecified atom stereocenters. The van der Waals surface area contributed by atoms with Crippen LogP contribution in [0, 0.1) is 5.92 Å². The van der Waals surface area contributed by atoms with Gasteiger partial charge in [0.1, 0.15) is 36.6 Å². The Hall–Kier alpha value is -3.83. The summed E-state index contributed by atoms with van der Waals surface area (Å²) in [5.74, 6) is -2.89. The number of esters is 3. The van der Waals surface area contributed by atoms with E-state index in [4.69, 9.17) is 49.2 Å². The monoisotopic (exact) mass is 666 g/mol. The Morgan fingerprint density at radius 2 is 1.60 bits per heavy atom. The molecule has 17 heteroatoms. The Morgan fingerprint density at radius 3 is 2.19 bits per heavy atom. The van der Waals surface area contributed by atoms with Gasteiger partial charge in [-0.1, -0.05) is 42.4 Å². The number of ether oxygens (including phenoxy) is 8. The fourth-order valence-corrected chi connectivity index (χ4v) is 5.33. The number of nitrogens with zero attached hydrogens (tertiary/aromatic N) is 3. The van der Waals surface area contributed by atoms with E-state index in [-0.39, 0.29) is 19.1 Å². The van der Waals surface area contributed by atoms with Gasteiger partial charge in [0.25, 0.3) is 0 Å². The highest BCUT2D eigenvalue weighted by Crippen LogP contribution is 2.36. The molecule has 0 amide bonds. The lowest BCUT2D eigenvalue weighted by molar-refractivity contribution is -0.312. The fourth-order valence-electron chi connectivity index (χ4n) is 5.33. The standard InChI is InChI=1S/C16H17N3O7.C14H25NO6/c1-8(20)24-13-11(18-19-17)14(15(21)22)25-10-7-23-16(26-12(10)13)9-5-3-2-4-6-9;1-9-7-19-12(8-18-6-4-5-15)14(21-11(3)17)13(9)20-10(2)16/h2-6,10-14,16H,7H2,1H3,(H,21,22);9,12-14H,4-8,15H2,1-3H3/t10?,11?,12-,13+,14+,16?;9?,12?,13-,14+/m01/s1. The van der Waals surface area contributed by atoms with Gasteiger partial charge in [0.15, 0.2) is 18.5 Å². The summed E-state index contributed by atoms with van der Waals surface area (Å²) in [4.78, 5) is 48.2. The summed E-state index contributed by atoms with van der Waals surface area (Å²) in [5, 5.41) is 12.9. The van der Waals surface area contributed by atoms with Crippen molar-refractivity contribution < 1.29 is 62.2 Å². The van der Waals surface area contributed by atoms with Crippen molar-refractivity contribution in [1.82, 2.24) is 0 Å². The van der Waals surface area contributed by atoms with Gasteiger partial charge in [-0.3, -0.25) is 14.4 Å². The normalized spacial score (nSPS) is 31.4. The molecule has 0 bridgehead atoms. The van der Waals surface area contributed by atoms with Crippen molar-refractivity contribution in [3.8, 4) is 0 Å². The molecule has 47 heavy (non-hydrogen) atoms. The molecule has 3 aliphatic rings. The van der Waals surface area contributed by atoms with Crippen LogP contribution in [0.1, 0.15) is 46.0 Å². The zero-order valence-corrected chi connectivity index (χ0v) is 26.7. The number of aliphatic carboxylic acids is 1. The maximum atomic E-state index is 11.5. The van der Waals surface area contributed by atoms with E-state index in [1.807, 2.05) is 25.1 Å². The van der Waals surface area contributed by atoms with Crippen LogP contribution in [0.15, 0.2) is 35.4 Å². The molecule has 3 aliphatic heterocycles. The van der Waals surface area contributed by atoms with E-state index in [1.165, 1.54) is 20.8 Å². The molecule has 4 rings (SSSR count). The third kappa shape index (κ3) is 10.9. The Balaban J connectivity index is 0.000000262. The van der Waals surface area contributed by atoms with Crippen molar-refractivity contribution in [3.63, 3.8) is 0 Å². The first kappa shape index (κ1) is 37.6. The van der Waals surface area contributed by atoms with Gasteiger partial charge in [-0.05, 0) is 18.5 Å². The third-order valence-electron chi connectivity index (χ3n) is 7.36. The quantitative estimate of drug-likeness (QED) is 0.0856. The van der Waals surface area contributed by atoms with Crippen LogP contribution in [0.25, 0.3) is 10.4 Å². The molecule has 3 heterocycles. The number of rotatable bonds is 11. The second kappa shape index (κ2) is 18.5. The number of hydrogen-bond acceptors (Lipinski definition) is 14. The van der Waals surface area contributed by atoms with Crippen LogP contribution in [0.3, 0.4) is 0 Å². The molecule has 0 radical (unpaired) electrons. The van der Waals surface area contributed by atoms with Crippen molar-refractivity contribution in [2.24, 2.45) is 16.8 Å². The summed E-state index contributed by atoms with van der Waals surface area (Å²) in [7, 11) is 0. The smallest absolute Gasteiger partial charge is 0.333 e. The number of carboxylic acid groups (broad SMARTS) is 1. The highest BCUT2D eigenvalue weighted by atomic mass is 16.7. The van der Waals surface area contributed by atoms with Gasteiger partial charge < -0.3 is 48.7 Å². The molecule has 17 nitrogen and oxygen atoms in total.